The van der Waals surface area contributed by atoms with Crippen LogP contribution in [0.5, 0.6) is 11.5 Å². The van der Waals surface area contributed by atoms with Crippen molar-refractivity contribution in [3.63, 3.8) is 0 Å². The summed E-state index contributed by atoms with van der Waals surface area (Å²) in [5, 5.41) is 12.3. The van der Waals surface area contributed by atoms with E-state index in [1.54, 1.807) is 0 Å². The maximum Gasteiger partial charge on any atom is 0.231 e. The van der Waals surface area contributed by atoms with Crippen molar-refractivity contribution in [3.8, 4) is 17.6 Å². The number of benzene rings is 2. The zero-order chi connectivity index (χ0) is 20.1. The van der Waals surface area contributed by atoms with Crippen molar-refractivity contribution in [2.75, 3.05) is 40.0 Å². The van der Waals surface area contributed by atoms with Gasteiger partial charge in [-0.15, -0.1) is 0 Å². The van der Waals surface area contributed by atoms with E-state index in [1.165, 1.54) is 5.56 Å². The molecule has 0 atom stereocenters. The molecule has 0 aliphatic carbocycles. The fraction of sp³-hybridized carbons (Fsp3) is 0.364. The Morgan fingerprint density at radius 2 is 1.76 bits per heavy atom. The number of rotatable bonds is 4. The normalized spacial score (nSPS) is 16.6. The highest BCUT2D eigenvalue weighted by Crippen LogP contribution is 2.32. The summed E-state index contributed by atoms with van der Waals surface area (Å²) < 4.78 is 10.9. The molecule has 1 saturated heterocycles. The van der Waals surface area contributed by atoms with Crippen molar-refractivity contribution in [2.24, 2.45) is 4.99 Å². The predicted molar refractivity (Wildman–Crippen MR) is 111 cm³/mol. The van der Waals surface area contributed by atoms with Gasteiger partial charge in [0.05, 0.1) is 11.6 Å². The Bertz CT molecular complexity index is 912. The van der Waals surface area contributed by atoms with E-state index in [9.17, 15) is 0 Å². The number of nitrogens with one attached hydrogen (secondary N) is 1. The zero-order valence-electron chi connectivity index (χ0n) is 16.6. The highest BCUT2D eigenvalue weighted by atomic mass is 16.7. The Labute approximate surface area is 171 Å². The minimum absolute atomic E-state index is 0.312. The Kier molecular flexibility index (Phi) is 5.82. The second kappa shape index (κ2) is 8.84. The van der Waals surface area contributed by atoms with Gasteiger partial charge in [-0.25, -0.2) is 0 Å². The van der Waals surface area contributed by atoms with Gasteiger partial charge in [-0.05, 0) is 35.4 Å². The van der Waals surface area contributed by atoms with Crippen LogP contribution in [0.1, 0.15) is 16.7 Å². The molecule has 4 rings (SSSR count). The molecular weight excluding hydrogens is 366 g/mol. The summed E-state index contributed by atoms with van der Waals surface area (Å²) >= 11 is 0. The zero-order valence-corrected chi connectivity index (χ0v) is 16.6. The van der Waals surface area contributed by atoms with Gasteiger partial charge in [-0.2, -0.15) is 5.26 Å². The lowest BCUT2D eigenvalue weighted by Crippen LogP contribution is -2.52. The lowest BCUT2D eigenvalue weighted by molar-refractivity contribution is 0.171. The minimum atomic E-state index is 0.312. The highest BCUT2D eigenvalue weighted by Gasteiger charge is 2.20. The Balaban J connectivity index is 1.27. The van der Waals surface area contributed by atoms with Crippen molar-refractivity contribution < 1.29 is 9.47 Å². The first-order valence-electron chi connectivity index (χ1n) is 9.80. The monoisotopic (exact) mass is 391 g/mol. The maximum absolute atomic E-state index is 8.90. The fourth-order valence-corrected chi connectivity index (χ4v) is 3.63. The summed E-state index contributed by atoms with van der Waals surface area (Å²) in [7, 11) is 1.82. The van der Waals surface area contributed by atoms with Crippen molar-refractivity contribution in [3.05, 3.63) is 59.2 Å². The molecular formula is C22H25N5O2. The van der Waals surface area contributed by atoms with Crippen LogP contribution in [0.3, 0.4) is 0 Å². The van der Waals surface area contributed by atoms with Gasteiger partial charge in [-0.1, -0.05) is 18.2 Å². The Hall–Kier alpha value is -3.24. The molecule has 0 amide bonds. The lowest BCUT2D eigenvalue weighted by Gasteiger charge is -2.36. The summed E-state index contributed by atoms with van der Waals surface area (Å²) in [5.74, 6) is 2.58. The molecule has 0 unspecified atom stereocenters. The molecule has 7 heteroatoms. The van der Waals surface area contributed by atoms with Gasteiger partial charge in [0.15, 0.2) is 17.5 Å². The van der Waals surface area contributed by atoms with E-state index in [1.807, 2.05) is 37.4 Å². The molecule has 150 valence electrons. The molecule has 0 spiro atoms. The number of fused-ring (bicyclic) bond motifs is 1. The maximum atomic E-state index is 8.90. The second-order valence-electron chi connectivity index (χ2n) is 7.16. The van der Waals surface area contributed by atoms with Crippen LogP contribution >= 0.6 is 0 Å². The van der Waals surface area contributed by atoms with Crippen LogP contribution < -0.4 is 14.8 Å². The molecule has 0 radical (unpaired) electrons. The molecule has 1 N–H and O–H groups in total. The number of guanidine groups is 1. The van der Waals surface area contributed by atoms with E-state index < -0.39 is 0 Å². The van der Waals surface area contributed by atoms with Gasteiger partial charge < -0.3 is 19.7 Å². The van der Waals surface area contributed by atoms with E-state index >= 15 is 0 Å². The molecule has 2 aromatic carbocycles. The Morgan fingerprint density at radius 1 is 1.03 bits per heavy atom. The molecule has 2 aliphatic rings. The second-order valence-corrected chi connectivity index (χ2v) is 7.16. The van der Waals surface area contributed by atoms with Gasteiger partial charge in [0.2, 0.25) is 6.79 Å². The number of ether oxygens (including phenoxy) is 2. The molecule has 0 bridgehead atoms. The topological polar surface area (TPSA) is 73.1 Å². The third kappa shape index (κ3) is 4.61. The van der Waals surface area contributed by atoms with E-state index in [0.717, 1.165) is 55.7 Å². The molecule has 1 fully saturated rings. The van der Waals surface area contributed by atoms with Crippen molar-refractivity contribution in [1.29, 1.82) is 5.26 Å². The van der Waals surface area contributed by atoms with Gasteiger partial charge >= 0.3 is 0 Å². The predicted octanol–water partition coefficient (Wildman–Crippen LogP) is 2.18. The summed E-state index contributed by atoms with van der Waals surface area (Å²) in [6.45, 7) is 5.72. The van der Waals surface area contributed by atoms with Crippen LogP contribution in [0.4, 0.5) is 0 Å². The number of aliphatic imine (C=N–C) groups is 1. The number of hydrogen-bond acceptors (Lipinski definition) is 5. The van der Waals surface area contributed by atoms with E-state index in [-0.39, 0.29) is 0 Å². The molecule has 0 saturated carbocycles. The summed E-state index contributed by atoms with van der Waals surface area (Å²) in [4.78, 5) is 9.18. The van der Waals surface area contributed by atoms with Crippen molar-refractivity contribution in [1.82, 2.24) is 15.1 Å². The van der Waals surface area contributed by atoms with Crippen molar-refractivity contribution >= 4 is 5.96 Å². The van der Waals surface area contributed by atoms with Crippen LogP contribution in [-0.2, 0) is 13.1 Å². The minimum Gasteiger partial charge on any atom is -0.454 e. The Morgan fingerprint density at radius 3 is 2.48 bits per heavy atom. The molecule has 7 nitrogen and oxygen atoms in total. The summed E-state index contributed by atoms with van der Waals surface area (Å²) in [6, 6.07) is 16.0. The first-order valence-corrected chi connectivity index (χ1v) is 9.80. The average molecular weight is 391 g/mol. The van der Waals surface area contributed by atoms with Crippen molar-refractivity contribution in [2.45, 2.75) is 13.1 Å². The smallest absolute Gasteiger partial charge is 0.231 e. The van der Waals surface area contributed by atoms with E-state index in [4.69, 9.17) is 14.7 Å². The third-order valence-corrected chi connectivity index (χ3v) is 5.26. The van der Waals surface area contributed by atoms with E-state index in [2.05, 4.69) is 38.3 Å². The SMILES string of the molecule is CN=C(NCc1ccc(C#N)cc1)N1CCN(Cc2ccc3c(c2)OCO3)CC1. The molecule has 0 aromatic heterocycles. The average Bonchev–Trinajstić information content (AvgIpc) is 3.23. The summed E-state index contributed by atoms with van der Waals surface area (Å²) in [5.41, 5.74) is 3.05. The van der Waals surface area contributed by atoms with Crippen LogP contribution in [0.25, 0.3) is 0 Å². The molecule has 2 aromatic rings. The molecule has 29 heavy (non-hydrogen) atoms. The number of piperazine rings is 1. The fourth-order valence-electron chi connectivity index (χ4n) is 3.63. The molecule has 2 heterocycles. The van der Waals surface area contributed by atoms with Gasteiger partial charge in [0.1, 0.15) is 0 Å². The van der Waals surface area contributed by atoms with Crippen LogP contribution in [-0.4, -0.2) is 55.8 Å². The number of nitrogens with zero attached hydrogens (tertiary/aromatic N) is 4. The number of hydrogen-bond donors (Lipinski definition) is 1. The third-order valence-electron chi connectivity index (χ3n) is 5.26. The van der Waals surface area contributed by atoms with Crippen LogP contribution in [0.15, 0.2) is 47.5 Å². The van der Waals surface area contributed by atoms with Gasteiger partial charge in [-0.3, -0.25) is 9.89 Å². The quantitative estimate of drug-likeness (QED) is 0.636. The largest absolute Gasteiger partial charge is 0.454 e. The standard InChI is InChI=1S/C22H25N5O2/c1-24-22(25-14-18-4-2-17(13-23)3-5-18)27-10-8-26(9-11-27)15-19-6-7-20-21(12-19)29-16-28-20/h2-7,12H,8-11,14-16H2,1H3,(H,24,25). The van der Waals surface area contributed by atoms with Gasteiger partial charge in [0, 0.05) is 46.3 Å². The van der Waals surface area contributed by atoms with Crippen LogP contribution in [0, 0.1) is 11.3 Å². The summed E-state index contributed by atoms with van der Waals surface area (Å²) in [6.07, 6.45) is 0. The van der Waals surface area contributed by atoms with Gasteiger partial charge in [0.25, 0.3) is 0 Å². The first kappa shape index (κ1) is 19.1. The lowest BCUT2D eigenvalue weighted by atomic mass is 10.1. The first-order chi connectivity index (χ1) is 14.2. The van der Waals surface area contributed by atoms with Crippen LogP contribution in [0.2, 0.25) is 0 Å². The number of nitriles is 1. The highest BCUT2D eigenvalue weighted by molar-refractivity contribution is 5.80. The molecule has 2 aliphatic heterocycles. The van der Waals surface area contributed by atoms with E-state index in [0.29, 0.717) is 18.9 Å².